The number of hydrogen-bond acceptors (Lipinski definition) is 2. The molecule has 0 unspecified atom stereocenters. The number of benzene rings is 2. The molecule has 0 aromatic heterocycles. The van der Waals surface area contributed by atoms with Crippen molar-refractivity contribution < 1.29 is 9.13 Å². The lowest BCUT2D eigenvalue weighted by molar-refractivity contribution is 0.433. The second-order valence-electron chi connectivity index (χ2n) is 4.57. The van der Waals surface area contributed by atoms with Gasteiger partial charge in [0.15, 0.2) is 11.6 Å². The molecule has 0 bridgehead atoms. The van der Waals surface area contributed by atoms with Crippen molar-refractivity contribution in [1.82, 2.24) is 0 Å². The third kappa shape index (κ3) is 2.93. The van der Waals surface area contributed by atoms with E-state index >= 15 is 0 Å². The van der Waals surface area contributed by atoms with Crippen LogP contribution in [-0.2, 0) is 6.42 Å². The number of rotatable bonds is 4. The molecule has 0 saturated carbocycles. The van der Waals surface area contributed by atoms with Crippen molar-refractivity contribution in [1.29, 1.82) is 0 Å². The van der Waals surface area contributed by atoms with Gasteiger partial charge in [0, 0.05) is 0 Å². The zero-order chi connectivity index (χ0) is 13.8. The Morgan fingerprint density at radius 3 is 2.58 bits per heavy atom. The van der Waals surface area contributed by atoms with Gasteiger partial charge in [0.25, 0.3) is 0 Å². The van der Waals surface area contributed by atoms with Crippen molar-refractivity contribution in [3.63, 3.8) is 0 Å². The predicted octanol–water partition coefficient (Wildman–Crippen LogP) is 3.74. The maximum absolute atomic E-state index is 13.9. The summed E-state index contributed by atoms with van der Waals surface area (Å²) in [4.78, 5) is 0. The molecule has 0 aliphatic heterocycles. The van der Waals surface area contributed by atoms with Crippen molar-refractivity contribution in [2.45, 2.75) is 20.3 Å². The van der Waals surface area contributed by atoms with Gasteiger partial charge < -0.3 is 10.5 Å². The number of para-hydroxylation sites is 1. The maximum atomic E-state index is 13.9. The third-order valence-electron chi connectivity index (χ3n) is 3.23. The van der Waals surface area contributed by atoms with Crippen LogP contribution in [0.2, 0.25) is 0 Å². The summed E-state index contributed by atoms with van der Waals surface area (Å²) in [5.41, 5.74) is 8.48. The maximum Gasteiger partial charge on any atom is 0.166 e. The summed E-state index contributed by atoms with van der Waals surface area (Å²) in [6.07, 6.45) is 0.595. The van der Waals surface area contributed by atoms with E-state index in [0.29, 0.717) is 18.7 Å². The monoisotopic (exact) mass is 259 g/mol. The summed E-state index contributed by atoms with van der Waals surface area (Å²) < 4.78 is 19.7. The largest absolute Gasteiger partial charge is 0.454 e. The first-order valence-electron chi connectivity index (χ1n) is 6.35. The highest BCUT2D eigenvalue weighted by molar-refractivity contribution is 5.44. The zero-order valence-corrected chi connectivity index (χ0v) is 11.2. The second kappa shape index (κ2) is 5.85. The molecular weight excluding hydrogens is 241 g/mol. The fraction of sp³-hybridized carbons (Fsp3) is 0.250. The fourth-order valence-corrected chi connectivity index (χ4v) is 1.96. The first-order valence-corrected chi connectivity index (χ1v) is 6.35. The number of halogens is 1. The predicted molar refractivity (Wildman–Crippen MR) is 75.1 cm³/mol. The van der Waals surface area contributed by atoms with Crippen LogP contribution in [0.25, 0.3) is 0 Å². The number of nitrogens with two attached hydrogens (primary N) is 1. The third-order valence-corrected chi connectivity index (χ3v) is 3.23. The van der Waals surface area contributed by atoms with Gasteiger partial charge in [0.1, 0.15) is 5.75 Å². The van der Waals surface area contributed by atoms with Crippen LogP contribution < -0.4 is 10.5 Å². The average molecular weight is 259 g/mol. The zero-order valence-electron chi connectivity index (χ0n) is 11.2. The molecule has 2 aromatic rings. The Hall–Kier alpha value is -1.87. The van der Waals surface area contributed by atoms with Crippen LogP contribution in [0, 0.1) is 19.7 Å². The minimum absolute atomic E-state index is 0.279. The van der Waals surface area contributed by atoms with Crippen LogP contribution in [0.1, 0.15) is 16.7 Å². The minimum atomic E-state index is -0.355. The first kappa shape index (κ1) is 13.6. The summed E-state index contributed by atoms with van der Waals surface area (Å²) in [7, 11) is 0. The molecule has 0 saturated heterocycles. The molecule has 0 spiro atoms. The summed E-state index contributed by atoms with van der Waals surface area (Å²) >= 11 is 0. The molecule has 0 heterocycles. The Balaban J connectivity index is 2.40. The molecule has 2 rings (SSSR count). The SMILES string of the molecule is Cc1cccc(Oc2c(F)cccc2CCN)c1C. The molecular formula is C16H18FNO. The van der Waals surface area contributed by atoms with Gasteiger partial charge in [-0.2, -0.15) is 0 Å². The standard InChI is InChI=1S/C16H18FNO/c1-11-5-3-8-15(12(11)2)19-16-13(9-10-18)6-4-7-14(16)17/h3-8H,9-10,18H2,1-2H3. The summed E-state index contributed by atoms with van der Waals surface area (Å²) in [6.45, 7) is 4.44. The molecule has 2 aromatic carbocycles. The van der Waals surface area contributed by atoms with Crippen LogP contribution in [0.15, 0.2) is 36.4 Å². The van der Waals surface area contributed by atoms with E-state index in [1.165, 1.54) is 6.07 Å². The smallest absolute Gasteiger partial charge is 0.166 e. The molecule has 0 atom stereocenters. The van der Waals surface area contributed by atoms with E-state index in [-0.39, 0.29) is 11.6 Å². The van der Waals surface area contributed by atoms with E-state index in [2.05, 4.69) is 0 Å². The summed E-state index contributed by atoms with van der Waals surface area (Å²) in [5.74, 6) is 0.608. The Labute approximate surface area is 113 Å². The molecule has 19 heavy (non-hydrogen) atoms. The van der Waals surface area contributed by atoms with Gasteiger partial charge in [-0.25, -0.2) is 4.39 Å². The van der Waals surface area contributed by atoms with E-state index in [9.17, 15) is 4.39 Å². The van der Waals surface area contributed by atoms with Crippen molar-refractivity contribution in [3.8, 4) is 11.5 Å². The van der Waals surface area contributed by atoms with E-state index in [4.69, 9.17) is 10.5 Å². The molecule has 0 amide bonds. The second-order valence-corrected chi connectivity index (χ2v) is 4.57. The highest BCUT2D eigenvalue weighted by Crippen LogP contribution is 2.31. The first-order chi connectivity index (χ1) is 9.13. The van der Waals surface area contributed by atoms with Crippen LogP contribution in [0.3, 0.4) is 0 Å². The van der Waals surface area contributed by atoms with Crippen molar-refractivity contribution >= 4 is 0 Å². The molecule has 100 valence electrons. The normalized spacial score (nSPS) is 10.5. The molecule has 0 fully saturated rings. The lowest BCUT2D eigenvalue weighted by Crippen LogP contribution is -2.05. The van der Waals surface area contributed by atoms with Gasteiger partial charge >= 0.3 is 0 Å². The molecule has 3 heteroatoms. The van der Waals surface area contributed by atoms with Crippen LogP contribution in [0.5, 0.6) is 11.5 Å². The molecule has 0 aliphatic carbocycles. The van der Waals surface area contributed by atoms with Gasteiger partial charge in [-0.05, 0) is 55.6 Å². The van der Waals surface area contributed by atoms with E-state index in [0.717, 1.165) is 16.7 Å². The fourth-order valence-electron chi connectivity index (χ4n) is 1.96. The van der Waals surface area contributed by atoms with Gasteiger partial charge in [0.2, 0.25) is 0 Å². The van der Waals surface area contributed by atoms with E-state index in [1.807, 2.05) is 38.1 Å². The van der Waals surface area contributed by atoms with Gasteiger partial charge in [0.05, 0.1) is 0 Å². The lowest BCUT2D eigenvalue weighted by atomic mass is 10.1. The van der Waals surface area contributed by atoms with Crippen molar-refractivity contribution in [2.24, 2.45) is 5.73 Å². The van der Waals surface area contributed by atoms with Crippen molar-refractivity contribution in [3.05, 3.63) is 58.9 Å². The average Bonchev–Trinajstić information content (AvgIpc) is 2.39. The number of hydrogen-bond donors (Lipinski definition) is 1. The number of aryl methyl sites for hydroxylation is 1. The molecule has 0 aliphatic rings. The van der Waals surface area contributed by atoms with Crippen LogP contribution >= 0.6 is 0 Å². The van der Waals surface area contributed by atoms with E-state index in [1.54, 1.807) is 6.07 Å². The van der Waals surface area contributed by atoms with Gasteiger partial charge in [-0.15, -0.1) is 0 Å². The molecule has 2 nitrogen and oxygen atoms in total. The Morgan fingerprint density at radius 1 is 1.11 bits per heavy atom. The van der Waals surface area contributed by atoms with Gasteiger partial charge in [-0.3, -0.25) is 0 Å². The minimum Gasteiger partial charge on any atom is -0.454 e. The van der Waals surface area contributed by atoms with E-state index < -0.39 is 0 Å². The van der Waals surface area contributed by atoms with Crippen LogP contribution in [0.4, 0.5) is 4.39 Å². The topological polar surface area (TPSA) is 35.2 Å². The highest BCUT2D eigenvalue weighted by Gasteiger charge is 2.12. The van der Waals surface area contributed by atoms with Gasteiger partial charge in [-0.1, -0.05) is 24.3 Å². The van der Waals surface area contributed by atoms with Crippen LogP contribution in [-0.4, -0.2) is 6.54 Å². The quantitative estimate of drug-likeness (QED) is 0.907. The Morgan fingerprint density at radius 2 is 1.84 bits per heavy atom. The lowest BCUT2D eigenvalue weighted by Gasteiger charge is -2.14. The highest BCUT2D eigenvalue weighted by atomic mass is 19.1. The summed E-state index contributed by atoms with van der Waals surface area (Å²) in [6, 6.07) is 10.7. The Kier molecular flexibility index (Phi) is 4.17. The summed E-state index contributed by atoms with van der Waals surface area (Å²) in [5, 5.41) is 0. The van der Waals surface area contributed by atoms with Crippen molar-refractivity contribution in [2.75, 3.05) is 6.54 Å². The molecule has 2 N–H and O–H groups in total. The Bertz CT molecular complexity index is 581. The number of ether oxygens (including phenoxy) is 1. The molecule has 0 radical (unpaired) electrons.